The second-order valence-corrected chi connectivity index (χ2v) is 5.07. The van der Waals surface area contributed by atoms with Crippen molar-refractivity contribution >= 4 is 17.8 Å². The van der Waals surface area contributed by atoms with E-state index in [2.05, 4.69) is 15.3 Å². The summed E-state index contributed by atoms with van der Waals surface area (Å²) in [6.07, 6.45) is 1.55. The Balaban J connectivity index is 2.87. The smallest absolute Gasteiger partial charge is 0.341 e. The van der Waals surface area contributed by atoms with E-state index >= 15 is 0 Å². The molecular formula is C13H20N4O3. The maximum absolute atomic E-state index is 11.6. The van der Waals surface area contributed by atoms with Crippen LogP contribution in [0.5, 0.6) is 0 Å². The van der Waals surface area contributed by atoms with Gasteiger partial charge in [0.15, 0.2) is 0 Å². The van der Waals surface area contributed by atoms with Crippen LogP contribution in [-0.4, -0.2) is 34.0 Å². The Kier molecular flexibility index (Phi) is 5.01. The number of hydrogen-bond acceptors (Lipinski definition) is 6. The number of rotatable bonds is 6. The Hall–Kier alpha value is -2.18. The minimum absolute atomic E-state index is 0.148. The van der Waals surface area contributed by atoms with Gasteiger partial charge in [0.05, 0.1) is 17.9 Å². The molecule has 1 aromatic rings. The number of aromatic nitrogens is 2. The molecule has 0 fully saturated rings. The summed E-state index contributed by atoms with van der Waals surface area (Å²) in [5.74, 6) is -0.530. The van der Waals surface area contributed by atoms with Crippen molar-refractivity contribution in [3.8, 4) is 0 Å². The molecule has 0 aromatic carbocycles. The Morgan fingerprint density at radius 3 is 2.60 bits per heavy atom. The highest BCUT2D eigenvalue weighted by Gasteiger charge is 2.22. The molecule has 7 nitrogen and oxygen atoms in total. The average Bonchev–Trinajstić information content (AvgIpc) is 2.26. The van der Waals surface area contributed by atoms with Gasteiger partial charge in [-0.1, -0.05) is 0 Å². The summed E-state index contributed by atoms with van der Waals surface area (Å²) in [5.41, 5.74) is 5.45. The Morgan fingerprint density at radius 1 is 1.45 bits per heavy atom. The highest BCUT2D eigenvalue weighted by atomic mass is 16.5. The monoisotopic (exact) mass is 280 g/mol. The van der Waals surface area contributed by atoms with Crippen LogP contribution in [0.2, 0.25) is 0 Å². The molecule has 110 valence electrons. The molecule has 0 aliphatic heterocycles. The summed E-state index contributed by atoms with van der Waals surface area (Å²) in [7, 11) is 0. The van der Waals surface area contributed by atoms with Gasteiger partial charge in [0.2, 0.25) is 11.9 Å². The maximum atomic E-state index is 11.6. The molecule has 1 heterocycles. The van der Waals surface area contributed by atoms with Crippen LogP contribution in [0, 0.1) is 6.92 Å². The lowest BCUT2D eigenvalue weighted by molar-refractivity contribution is -0.118. The third kappa shape index (κ3) is 4.49. The SMILES string of the molecule is CCOC(=O)c1cnc(NC(C)(C)CC(N)=O)nc1C. The van der Waals surface area contributed by atoms with Crippen LogP contribution in [0.25, 0.3) is 0 Å². The molecule has 0 atom stereocenters. The van der Waals surface area contributed by atoms with E-state index in [1.165, 1.54) is 6.20 Å². The van der Waals surface area contributed by atoms with Crippen molar-refractivity contribution < 1.29 is 14.3 Å². The van der Waals surface area contributed by atoms with E-state index in [0.717, 1.165) is 0 Å². The summed E-state index contributed by atoms with van der Waals surface area (Å²) in [5, 5.41) is 3.01. The van der Waals surface area contributed by atoms with Gasteiger partial charge in [-0.2, -0.15) is 0 Å². The van der Waals surface area contributed by atoms with E-state index < -0.39 is 17.4 Å². The van der Waals surface area contributed by atoms with Crippen molar-refractivity contribution in [3.63, 3.8) is 0 Å². The van der Waals surface area contributed by atoms with Gasteiger partial charge in [0, 0.05) is 18.2 Å². The van der Waals surface area contributed by atoms with Gasteiger partial charge in [-0.25, -0.2) is 14.8 Å². The standard InChI is InChI=1S/C13H20N4O3/c1-5-20-11(19)9-7-15-12(16-8(9)2)17-13(3,4)6-10(14)18/h7H,5-6H2,1-4H3,(H2,14,18)(H,15,16,17). The zero-order valence-corrected chi connectivity index (χ0v) is 12.2. The summed E-state index contributed by atoms with van der Waals surface area (Å²) in [6, 6.07) is 0. The number of anilines is 1. The molecule has 1 rings (SSSR count). The molecule has 20 heavy (non-hydrogen) atoms. The van der Waals surface area contributed by atoms with Crippen molar-refractivity contribution in [3.05, 3.63) is 17.5 Å². The third-order valence-corrected chi connectivity index (χ3v) is 2.54. The van der Waals surface area contributed by atoms with Crippen LogP contribution in [0.1, 0.15) is 43.2 Å². The molecule has 3 N–H and O–H groups in total. The number of carbonyl (C=O) groups is 2. The molecule has 1 amide bonds. The van der Waals surface area contributed by atoms with Crippen molar-refractivity contribution in [1.29, 1.82) is 0 Å². The largest absolute Gasteiger partial charge is 0.462 e. The quantitative estimate of drug-likeness (QED) is 0.753. The lowest BCUT2D eigenvalue weighted by Crippen LogP contribution is -2.36. The molecule has 0 spiro atoms. The van der Waals surface area contributed by atoms with Gasteiger partial charge in [0.25, 0.3) is 0 Å². The van der Waals surface area contributed by atoms with Crippen molar-refractivity contribution in [2.75, 3.05) is 11.9 Å². The molecule has 7 heteroatoms. The predicted molar refractivity (Wildman–Crippen MR) is 74.2 cm³/mol. The fourth-order valence-electron chi connectivity index (χ4n) is 1.72. The summed E-state index contributed by atoms with van der Waals surface area (Å²) in [4.78, 5) is 30.8. The molecule has 0 saturated carbocycles. The van der Waals surface area contributed by atoms with E-state index in [1.807, 2.05) is 13.8 Å². The zero-order chi connectivity index (χ0) is 15.3. The predicted octanol–water partition coefficient (Wildman–Crippen LogP) is 1.03. The van der Waals surface area contributed by atoms with Gasteiger partial charge < -0.3 is 15.8 Å². The highest BCUT2D eigenvalue weighted by molar-refractivity contribution is 5.90. The molecular weight excluding hydrogens is 260 g/mol. The number of amides is 1. The van der Waals surface area contributed by atoms with Gasteiger partial charge in [0.1, 0.15) is 0 Å². The number of hydrogen-bond donors (Lipinski definition) is 2. The summed E-state index contributed by atoms with van der Waals surface area (Å²) < 4.78 is 4.90. The first-order valence-corrected chi connectivity index (χ1v) is 6.32. The number of primary amides is 1. The zero-order valence-electron chi connectivity index (χ0n) is 12.2. The fourth-order valence-corrected chi connectivity index (χ4v) is 1.72. The normalized spacial score (nSPS) is 11.0. The first-order valence-electron chi connectivity index (χ1n) is 6.32. The lowest BCUT2D eigenvalue weighted by Gasteiger charge is -2.24. The number of esters is 1. The molecule has 0 bridgehead atoms. The summed E-state index contributed by atoms with van der Waals surface area (Å²) >= 11 is 0. The van der Waals surface area contributed by atoms with Crippen LogP contribution in [0.3, 0.4) is 0 Å². The van der Waals surface area contributed by atoms with Crippen LogP contribution in [0.15, 0.2) is 6.20 Å². The molecule has 1 aromatic heterocycles. The topological polar surface area (TPSA) is 107 Å². The van der Waals surface area contributed by atoms with Crippen molar-refractivity contribution in [2.45, 2.75) is 39.7 Å². The van der Waals surface area contributed by atoms with E-state index in [-0.39, 0.29) is 6.42 Å². The molecule has 0 aliphatic rings. The number of nitrogens with one attached hydrogen (secondary N) is 1. The third-order valence-electron chi connectivity index (χ3n) is 2.54. The van der Waals surface area contributed by atoms with Gasteiger partial charge in [-0.15, -0.1) is 0 Å². The van der Waals surface area contributed by atoms with Gasteiger partial charge >= 0.3 is 5.97 Å². The second kappa shape index (κ2) is 6.31. The van der Waals surface area contributed by atoms with Crippen LogP contribution in [0.4, 0.5) is 5.95 Å². The Labute approximate surface area is 117 Å². The lowest BCUT2D eigenvalue weighted by atomic mass is 10.0. The number of ether oxygens (including phenoxy) is 1. The first kappa shape index (κ1) is 15.9. The van der Waals surface area contributed by atoms with E-state index in [1.54, 1.807) is 13.8 Å². The molecule has 0 saturated heterocycles. The Bertz CT molecular complexity index is 514. The van der Waals surface area contributed by atoms with E-state index in [9.17, 15) is 9.59 Å². The fraction of sp³-hybridized carbons (Fsp3) is 0.538. The number of nitrogens with two attached hydrogens (primary N) is 1. The van der Waals surface area contributed by atoms with E-state index in [0.29, 0.717) is 23.8 Å². The maximum Gasteiger partial charge on any atom is 0.341 e. The average molecular weight is 280 g/mol. The van der Waals surface area contributed by atoms with Crippen LogP contribution < -0.4 is 11.1 Å². The first-order chi connectivity index (χ1) is 9.25. The number of nitrogens with zero attached hydrogens (tertiary/aromatic N) is 2. The second-order valence-electron chi connectivity index (χ2n) is 5.07. The van der Waals surface area contributed by atoms with Crippen LogP contribution in [-0.2, 0) is 9.53 Å². The highest BCUT2D eigenvalue weighted by Crippen LogP contribution is 2.16. The summed E-state index contributed by atoms with van der Waals surface area (Å²) in [6.45, 7) is 7.35. The van der Waals surface area contributed by atoms with E-state index in [4.69, 9.17) is 10.5 Å². The molecule has 0 aliphatic carbocycles. The van der Waals surface area contributed by atoms with Gasteiger partial charge in [-0.3, -0.25) is 4.79 Å². The van der Waals surface area contributed by atoms with Crippen LogP contribution >= 0.6 is 0 Å². The van der Waals surface area contributed by atoms with Gasteiger partial charge in [-0.05, 0) is 27.7 Å². The Morgan fingerprint density at radius 2 is 2.10 bits per heavy atom. The minimum Gasteiger partial charge on any atom is -0.462 e. The number of aryl methyl sites for hydroxylation is 1. The molecule has 0 radical (unpaired) electrons. The van der Waals surface area contributed by atoms with Crippen molar-refractivity contribution in [2.24, 2.45) is 5.73 Å². The minimum atomic E-state index is -0.566. The molecule has 0 unspecified atom stereocenters. The van der Waals surface area contributed by atoms with Crippen molar-refractivity contribution in [1.82, 2.24) is 9.97 Å². The number of carbonyl (C=O) groups excluding carboxylic acids is 2.